The van der Waals surface area contributed by atoms with Gasteiger partial charge in [0.15, 0.2) is 5.16 Å². The summed E-state index contributed by atoms with van der Waals surface area (Å²) in [7, 11) is 0. The lowest BCUT2D eigenvalue weighted by Crippen LogP contribution is -2.07. The van der Waals surface area contributed by atoms with Crippen LogP contribution in [0.2, 0.25) is 0 Å². The van der Waals surface area contributed by atoms with E-state index >= 15 is 0 Å². The highest BCUT2D eigenvalue weighted by Gasteiger charge is 2.09. The highest BCUT2D eigenvalue weighted by molar-refractivity contribution is 7.99. The topological polar surface area (TPSA) is 58.6 Å². The standard InChI is InChI=1S/C11H10FN3OS/c12-10-4-2-1-3-8(10)5-9(16)6-17-11-13-7-14-15-11/h1-4,7H,5-6H2,(H,13,14,15). The van der Waals surface area contributed by atoms with Gasteiger partial charge in [0.1, 0.15) is 17.9 Å². The summed E-state index contributed by atoms with van der Waals surface area (Å²) in [4.78, 5) is 15.5. The molecule has 0 unspecified atom stereocenters. The number of carbonyl (C=O) groups excluding carboxylic acids is 1. The van der Waals surface area contributed by atoms with Gasteiger partial charge in [0.2, 0.25) is 0 Å². The molecule has 0 aliphatic heterocycles. The Morgan fingerprint density at radius 1 is 1.41 bits per heavy atom. The van der Waals surface area contributed by atoms with Gasteiger partial charge in [0.05, 0.1) is 5.75 Å². The minimum Gasteiger partial charge on any atom is -0.298 e. The number of H-pyrrole nitrogens is 1. The van der Waals surface area contributed by atoms with Gasteiger partial charge in [-0.3, -0.25) is 9.89 Å². The molecular weight excluding hydrogens is 241 g/mol. The molecule has 0 fully saturated rings. The van der Waals surface area contributed by atoms with Gasteiger partial charge < -0.3 is 0 Å². The van der Waals surface area contributed by atoms with Crippen LogP contribution in [-0.2, 0) is 11.2 Å². The number of carbonyl (C=O) groups is 1. The lowest BCUT2D eigenvalue weighted by molar-refractivity contribution is -0.116. The van der Waals surface area contributed by atoms with Gasteiger partial charge in [-0.1, -0.05) is 30.0 Å². The number of hydrogen-bond acceptors (Lipinski definition) is 4. The Labute approximate surface area is 102 Å². The van der Waals surface area contributed by atoms with Crippen molar-refractivity contribution in [1.82, 2.24) is 15.2 Å². The number of ketones is 1. The van der Waals surface area contributed by atoms with Crippen LogP contribution in [-0.4, -0.2) is 26.7 Å². The predicted molar refractivity (Wildman–Crippen MR) is 62.2 cm³/mol. The van der Waals surface area contributed by atoms with Crippen molar-refractivity contribution in [3.63, 3.8) is 0 Å². The second-order valence-electron chi connectivity index (χ2n) is 3.39. The molecule has 1 aromatic heterocycles. The Balaban J connectivity index is 1.87. The first-order valence-electron chi connectivity index (χ1n) is 4.99. The van der Waals surface area contributed by atoms with Crippen LogP contribution in [0, 0.1) is 5.82 Å². The van der Waals surface area contributed by atoms with Crippen LogP contribution in [0.3, 0.4) is 0 Å². The number of aromatic nitrogens is 3. The second kappa shape index (κ2) is 5.58. The Bertz CT molecular complexity index is 501. The van der Waals surface area contributed by atoms with Crippen LogP contribution < -0.4 is 0 Å². The summed E-state index contributed by atoms with van der Waals surface area (Å²) in [6.07, 6.45) is 1.48. The van der Waals surface area contributed by atoms with E-state index < -0.39 is 0 Å². The summed E-state index contributed by atoms with van der Waals surface area (Å²) in [6, 6.07) is 6.29. The molecular formula is C11H10FN3OS. The van der Waals surface area contributed by atoms with Crippen molar-refractivity contribution in [3.05, 3.63) is 42.0 Å². The highest BCUT2D eigenvalue weighted by atomic mass is 32.2. The minimum absolute atomic E-state index is 0.0449. The fourth-order valence-electron chi connectivity index (χ4n) is 1.32. The Hall–Kier alpha value is -1.69. The number of nitrogens with zero attached hydrogens (tertiary/aromatic N) is 2. The molecule has 0 spiro atoms. The smallest absolute Gasteiger partial charge is 0.183 e. The van der Waals surface area contributed by atoms with E-state index in [9.17, 15) is 9.18 Å². The van der Waals surface area contributed by atoms with Gasteiger partial charge in [-0.2, -0.15) is 5.10 Å². The van der Waals surface area contributed by atoms with Crippen molar-refractivity contribution in [2.24, 2.45) is 0 Å². The third-order valence-electron chi connectivity index (χ3n) is 2.11. The number of rotatable bonds is 5. The van der Waals surface area contributed by atoms with E-state index in [0.29, 0.717) is 10.7 Å². The average Bonchev–Trinajstić information content (AvgIpc) is 2.82. The number of aromatic amines is 1. The molecule has 2 rings (SSSR count). The number of halogens is 1. The lowest BCUT2D eigenvalue weighted by atomic mass is 10.1. The average molecular weight is 251 g/mol. The van der Waals surface area contributed by atoms with Crippen LogP contribution in [0.15, 0.2) is 35.7 Å². The number of nitrogens with one attached hydrogen (secondary N) is 1. The predicted octanol–water partition coefficient (Wildman–Crippen LogP) is 1.85. The number of Topliss-reactive ketones (excluding diaryl/α,β-unsaturated/α-hetero) is 1. The fraction of sp³-hybridized carbons (Fsp3) is 0.182. The summed E-state index contributed by atoms with van der Waals surface area (Å²) in [5, 5.41) is 6.90. The molecule has 17 heavy (non-hydrogen) atoms. The summed E-state index contributed by atoms with van der Waals surface area (Å²) < 4.78 is 13.3. The molecule has 0 aliphatic carbocycles. The zero-order chi connectivity index (χ0) is 12.1. The van der Waals surface area contributed by atoms with Crippen LogP contribution in [0.4, 0.5) is 4.39 Å². The number of hydrogen-bond donors (Lipinski definition) is 1. The van der Waals surface area contributed by atoms with Crippen molar-refractivity contribution in [2.75, 3.05) is 5.75 Å². The van der Waals surface area contributed by atoms with Crippen molar-refractivity contribution < 1.29 is 9.18 Å². The van der Waals surface area contributed by atoms with E-state index in [2.05, 4.69) is 15.2 Å². The van der Waals surface area contributed by atoms with E-state index in [1.54, 1.807) is 18.2 Å². The fourth-order valence-corrected chi connectivity index (χ4v) is 1.96. The first-order chi connectivity index (χ1) is 8.25. The van der Waals surface area contributed by atoms with E-state index in [1.165, 1.54) is 24.2 Å². The van der Waals surface area contributed by atoms with Gasteiger partial charge in [0.25, 0.3) is 0 Å². The van der Waals surface area contributed by atoms with Gasteiger partial charge in [-0.15, -0.1) is 0 Å². The van der Waals surface area contributed by atoms with E-state index in [0.717, 1.165) is 0 Å². The van der Waals surface area contributed by atoms with Gasteiger partial charge in [0, 0.05) is 6.42 Å². The van der Waals surface area contributed by atoms with Crippen LogP contribution in [0.1, 0.15) is 5.56 Å². The Kier molecular flexibility index (Phi) is 3.87. The van der Waals surface area contributed by atoms with E-state index in [4.69, 9.17) is 0 Å². The lowest BCUT2D eigenvalue weighted by Gasteiger charge is -2.01. The monoisotopic (exact) mass is 251 g/mol. The van der Waals surface area contributed by atoms with Crippen molar-refractivity contribution in [1.29, 1.82) is 0 Å². The normalized spacial score (nSPS) is 10.4. The number of thioether (sulfide) groups is 1. The first-order valence-corrected chi connectivity index (χ1v) is 5.97. The summed E-state index contributed by atoms with van der Waals surface area (Å²) in [5.41, 5.74) is 0.427. The Morgan fingerprint density at radius 2 is 2.24 bits per heavy atom. The molecule has 1 N–H and O–H groups in total. The van der Waals surface area contributed by atoms with Gasteiger partial charge >= 0.3 is 0 Å². The van der Waals surface area contributed by atoms with Crippen molar-refractivity contribution in [2.45, 2.75) is 11.6 Å². The molecule has 0 saturated carbocycles. The third-order valence-corrected chi connectivity index (χ3v) is 3.04. The summed E-state index contributed by atoms with van der Waals surface area (Å²) in [5.74, 6) is -0.134. The molecule has 6 heteroatoms. The van der Waals surface area contributed by atoms with E-state index in [-0.39, 0.29) is 23.8 Å². The second-order valence-corrected chi connectivity index (χ2v) is 4.35. The van der Waals surface area contributed by atoms with Crippen molar-refractivity contribution >= 4 is 17.5 Å². The van der Waals surface area contributed by atoms with Crippen LogP contribution >= 0.6 is 11.8 Å². The first kappa shape index (κ1) is 11.8. The van der Waals surface area contributed by atoms with Crippen molar-refractivity contribution in [3.8, 4) is 0 Å². The molecule has 0 saturated heterocycles. The molecule has 0 radical (unpaired) electrons. The maximum absolute atomic E-state index is 13.3. The minimum atomic E-state index is -0.342. The zero-order valence-corrected chi connectivity index (χ0v) is 9.71. The largest absolute Gasteiger partial charge is 0.298 e. The van der Waals surface area contributed by atoms with Gasteiger partial charge in [-0.05, 0) is 11.6 Å². The van der Waals surface area contributed by atoms with Crippen LogP contribution in [0.5, 0.6) is 0 Å². The molecule has 0 atom stereocenters. The van der Waals surface area contributed by atoms with Gasteiger partial charge in [-0.25, -0.2) is 9.37 Å². The molecule has 88 valence electrons. The Morgan fingerprint density at radius 3 is 2.94 bits per heavy atom. The molecule has 4 nitrogen and oxygen atoms in total. The molecule has 0 amide bonds. The molecule has 1 aromatic carbocycles. The maximum Gasteiger partial charge on any atom is 0.183 e. The molecule has 0 aliphatic rings. The maximum atomic E-state index is 13.3. The quantitative estimate of drug-likeness (QED) is 0.824. The summed E-state index contributed by atoms with van der Waals surface area (Å²) >= 11 is 1.26. The molecule has 2 aromatic rings. The number of benzene rings is 1. The van der Waals surface area contributed by atoms with Crippen LogP contribution in [0.25, 0.3) is 0 Å². The molecule has 1 heterocycles. The summed E-state index contributed by atoms with van der Waals surface area (Å²) in [6.45, 7) is 0. The molecule has 0 bridgehead atoms. The SMILES string of the molecule is O=C(CSc1ncn[nH]1)Cc1ccccc1F. The highest BCUT2D eigenvalue weighted by Crippen LogP contribution is 2.13. The third kappa shape index (κ3) is 3.39. The zero-order valence-electron chi connectivity index (χ0n) is 8.89. The van der Waals surface area contributed by atoms with E-state index in [1.807, 2.05) is 0 Å².